The maximum Gasteiger partial charge on any atom is 0.161 e. The maximum absolute atomic E-state index is 10.8. The van der Waals surface area contributed by atoms with Crippen LogP contribution in [0.15, 0.2) is 18.2 Å². The molecule has 1 N–H and O–H groups in total. The molecule has 3 heteroatoms. The van der Waals surface area contributed by atoms with Gasteiger partial charge in [-0.15, -0.1) is 0 Å². The predicted molar refractivity (Wildman–Crippen MR) is 78.2 cm³/mol. The zero-order valence-electron chi connectivity index (χ0n) is 12.2. The molecule has 1 fully saturated rings. The van der Waals surface area contributed by atoms with Gasteiger partial charge >= 0.3 is 0 Å². The highest BCUT2D eigenvalue weighted by Gasteiger charge is 2.35. The second kappa shape index (κ2) is 5.65. The number of benzene rings is 1. The van der Waals surface area contributed by atoms with E-state index in [9.17, 15) is 5.11 Å². The van der Waals surface area contributed by atoms with Crippen molar-refractivity contribution in [3.63, 3.8) is 0 Å². The third-order valence-electron chi connectivity index (χ3n) is 4.74. The molecule has 0 radical (unpaired) electrons. The Kier molecular flexibility index (Phi) is 3.88. The number of fused-ring (bicyclic) bond motifs is 1. The second-order valence-electron chi connectivity index (χ2n) is 6.37. The molecular weight excluding hydrogens is 252 g/mol. The van der Waals surface area contributed by atoms with E-state index in [2.05, 4.69) is 6.92 Å². The van der Waals surface area contributed by atoms with Crippen molar-refractivity contribution in [2.75, 3.05) is 13.2 Å². The number of ether oxygens (including phenoxy) is 2. The molecular formula is C17H24O3. The average Bonchev–Trinajstić information content (AvgIpc) is 2.71. The number of aliphatic hydroxyl groups excluding tert-OH is 1. The Morgan fingerprint density at radius 3 is 2.45 bits per heavy atom. The summed E-state index contributed by atoms with van der Waals surface area (Å²) in [6.07, 6.45) is 6.43. The summed E-state index contributed by atoms with van der Waals surface area (Å²) in [5.74, 6) is 1.57. The van der Waals surface area contributed by atoms with Gasteiger partial charge in [0.1, 0.15) is 0 Å². The molecule has 110 valence electrons. The number of aliphatic hydroxyl groups is 1. The zero-order chi connectivity index (χ0) is 14.0. The summed E-state index contributed by atoms with van der Waals surface area (Å²) in [6, 6.07) is 5.88. The third-order valence-corrected chi connectivity index (χ3v) is 4.74. The molecule has 1 heterocycles. The Labute approximate surface area is 120 Å². The van der Waals surface area contributed by atoms with E-state index >= 15 is 0 Å². The molecule has 1 aromatic carbocycles. The molecule has 0 saturated heterocycles. The van der Waals surface area contributed by atoms with Crippen LogP contribution in [0.3, 0.4) is 0 Å². The Morgan fingerprint density at radius 2 is 1.70 bits per heavy atom. The quantitative estimate of drug-likeness (QED) is 0.891. The zero-order valence-corrected chi connectivity index (χ0v) is 12.2. The van der Waals surface area contributed by atoms with Crippen LogP contribution in [0.25, 0.3) is 0 Å². The van der Waals surface area contributed by atoms with Crippen molar-refractivity contribution in [2.45, 2.75) is 51.6 Å². The summed E-state index contributed by atoms with van der Waals surface area (Å²) in [5.41, 5.74) is 0.955. The lowest BCUT2D eigenvalue weighted by molar-refractivity contribution is 0.00803. The van der Waals surface area contributed by atoms with Gasteiger partial charge in [-0.3, -0.25) is 0 Å². The first-order valence-corrected chi connectivity index (χ1v) is 7.77. The lowest BCUT2D eigenvalue weighted by Crippen LogP contribution is -2.28. The summed E-state index contributed by atoms with van der Waals surface area (Å²) in [6.45, 7) is 3.59. The van der Waals surface area contributed by atoms with Gasteiger partial charge in [0.2, 0.25) is 0 Å². The first kappa shape index (κ1) is 13.7. The standard InChI is InChI=1S/C17H24O3/c1-17(8-3-2-4-9-17)16(18)13-6-7-14-15(12-13)20-11-5-10-19-14/h6-7,12,16,18H,2-5,8-11H2,1H3. The van der Waals surface area contributed by atoms with Gasteiger partial charge in [-0.25, -0.2) is 0 Å². The molecule has 1 aliphatic carbocycles. The lowest BCUT2D eigenvalue weighted by atomic mass is 9.70. The van der Waals surface area contributed by atoms with E-state index in [0.29, 0.717) is 13.2 Å². The van der Waals surface area contributed by atoms with Crippen LogP contribution >= 0.6 is 0 Å². The molecule has 3 rings (SSSR count). The third kappa shape index (κ3) is 2.64. The molecule has 0 bridgehead atoms. The van der Waals surface area contributed by atoms with E-state index in [-0.39, 0.29) is 5.41 Å². The van der Waals surface area contributed by atoms with Gasteiger partial charge in [0, 0.05) is 6.42 Å². The molecule has 1 unspecified atom stereocenters. The Morgan fingerprint density at radius 1 is 1.00 bits per heavy atom. The van der Waals surface area contributed by atoms with E-state index in [1.807, 2.05) is 18.2 Å². The van der Waals surface area contributed by atoms with Gasteiger partial charge in [-0.05, 0) is 36.0 Å². The minimum Gasteiger partial charge on any atom is -0.490 e. The van der Waals surface area contributed by atoms with Crippen molar-refractivity contribution >= 4 is 0 Å². The molecule has 0 amide bonds. The van der Waals surface area contributed by atoms with Crippen molar-refractivity contribution in [1.29, 1.82) is 0 Å². The van der Waals surface area contributed by atoms with Crippen LogP contribution in [-0.4, -0.2) is 18.3 Å². The molecule has 1 atom stereocenters. The van der Waals surface area contributed by atoms with Gasteiger partial charge in [-0.1, -0.05) is 32.3 Å². The van der Waals surface area contributed by atoms with Crippen molar-refractivity contribution < 1.29 is 14.6 Å². The van der Waals surface area contributed by atoms with E-state index in [4.69, 9.17) is 9.47 Å². The van der Waals surface area contributed by atoms with Crippen molar-refractivity contribution in [3.8, 4) is 11.5 Å². The van der Waals surface area contributed by atoms with Crippen molar-refractivity contribution in [2.24, 2.45) is 5.41 Å². The summed E-state index contributed by atoms with van der Waals surface area (Å²) < 4.78 is 11.4. The minimum atomic E-state index is -0.417. The molecule has 1 aromatic rings. The SMILES string of the molecule is CC1(C(O)c2ccc3c(c2)OCCCO3)CCCCC1. The van der Waals surface area contributed by atoms with Crippen LogP contribution in [0.5, 0.6) is 11.5 Å². The van der Waals surface area contributed by atoms with Gasteiger partial charge in [0.15, 0.2) is 11.5 Å². The highest BCUT2D eigenvalue weighted by atomic mass is 16.5. The van der Waals surface area contributed by atoms with Crippen molar-refractivity contribution in [1.82, 2.24) is 0 Å². The van der Waals surface area contributed by atoms with Gasteiger partial charge in [0.25, 0.3) is 0 Å². The monoisotopic (exact) mass is 276 g/mol. The molecule has 2 aliphatic rings. The molecule has 0 spiro atoms. The van der Waals surface area contributed by atoms with Gasteiger partial charge in [-0.2, -0.15) is 0 Å². The Bertz CT molecular complexity index is 463. The smallest absolute Gasteiger partial charge is 0.161 e. The van der Waals surface area contributed by atoms with Crippen LogP contribution in [0.1, 0.15) is 57.1 Å². The normalized spacial score (nSPS) is 22.9. The number of hydrogen-bond donors (Lipinski definition) is 1. The van der Waals surface area contributed by atoms with E-state index in [0.717, 1.165) is 36.3 Å². The summed E-state index contributed by atoms with van der Waals surface area (Å²) >= 11 is 0. The van der Waals surface area contributed by atoms with Crippen LogP contribution in [0.2, 0.25) is 0 Å². The Balaban J connectivity index is 1.84. The summed E-state index contributed by atoms with van der Waals surface area (Å²) in [4.78, 5) is 0. The molecule has 1 aliphatic heterocycles. The Hall–Kier alpha value is -1.22. The first-order valence-electron chi connectivity index (χ1n) is 7.77. The molecule has 3 nitrogen and oxygen atoms in total. The summed E-state index contributed by atoms with van der Waals surface area (Å²) in [5, 5.41) is 10.8. The van der Waals surface area contributed by atoms with E-state index in [1.54, 1.807) is 0 Å². The highest BCUT2D eigenvalue weighted by molar-refractivity contribution is 5.44. The van der Waals surface area contributed by atoms with Crippen LogP contribution in [0, 0.1) is 5.41 Å². The number of rotatable bonds is 2. The van der Waals surface area contributed by atoms with Gasteiger partial charge < -0.3 is 14.6 Å². The fourth-order valence-electron chi connectivity index (χ4n) is 3.39. The number of hydrogen-bond acceptors (Lipinski definition) is 3. The maximum atomic E-state index is 10.8. The summed E-state index contributed by atoms with van der Waals surface area (Å²) in [7, 11) is 0. The lowest BCUT2D eigenvalue weighted by Gasteiger charge is -2.38. The van der Waals surface area contributed by atoms with Crippen LogP contribution < -0.4 is 9.47 Å². The highest BCUT2D eigenvalue weighted by Crippen LogP contribution is 2.46. The molecule has 20 heavy (non-hydrogen) atoms. The van der Waals surface area contributed by atoms with E-state index in [1.165, 1.54) is 19.3 Å². The largest absolute Gasteiger partial charge is 0.490 e. The van der Waals surface area contributed by atoms with Crippen LogP contribution in [-0.2, 0) is 0 Å². The van der Waals surface area contributed by atoms with Crippen LogP contribution in [0.4, 0.5) is 0 Å². The predicted octanol–water partition coefficient (Wildman–Crippen LogP) is 3.85. The average molecular weight is 276 g/mol. The fourth-order valence-corrected chi connectivity index (χ4v) is 3.39. The second-order valence-corrected chi connectivity index (χ2v) is 6.37. The fraction of sp³-hybridized carbons (Fsp3) is 0.647. The molecule has 1 saturated carbocycles. The minimum absolute atomic E-state index is 0.00191. The molecule has 0 aromatic heterocycles. The van der Waals surface area contributed by atoms with Crippen molar-refractivity contribution in [3.05, 3.63) is 23.8 Å². The first-order chi connectivity index (χ1) is 9.69. The topological polar surface area (TPSA) is 38.7 Å². The van der Waals surface area contributed by atoms with E-state index < -0.39 is 6.10 Å². The van der Waals surface area contributed by atoms with Gasteiger partial charge in [0.05, 0.1) is 19.3 Å².